The predicted molar refractivity (Wildman–Crippen MR) is 80.5 cm³/mol. The smallest absolute Gasteiger partial charge is 0.0600 e. The van der Waals surface area contributed by atoms with Gasteiger partial charge in [0.25, 0.3) is 0 Å². The normalized spacial score (nSPS) is 9.85. The maximum absolute atomic E-state index is 3.65. The van der Waals surface area contributed by atoms with Gasteiger partial charge in [0.15, 0.2) is 0 Å². The summed E-state index contributed by atoms with van der Waals surface area (Å²) in [6.45, 7) is 7.29. The first kappa shape index (κ1) is 14.6. The van der Waals surface area contributed by atoms with Crippen LogP contribution in [-0.2, 0) is 0 Å². The molecule has 76 valence electrons. The van der Waals surface area contributed by atoms with E-state index in [1.54, 1.807) is 23.5 Å². The molecule has 0 bridgehead atoms. The fraction of sp³-hybridized carbons (Fsp3) is 0.429. The standard InChI is InChI=1S/C7H12S6/c1-3-8-5-10-12-7-13-11-6-9-4-2/h3-4H,1-2,5-7H2. The van der Waals surface area contributed by atoms with Crippen molar-refractivity contribution in [3.8, 4) is 0 Å². The second-order valence-corrected chi connectivity index (χ2v) is 9.42. The van der Waals surface area contributed by atoms with Gasteiger partial charge in [-0.2, -0.15) is 0 Å². The molecule has 0 fully saturated rings. The summed E-state index contributed by atoms with van der Waals surface area (Å²) in [6.07, 6.45) is 0. The van der Waals surface area contributed by atoms with Gasteiger partial charge in [-0.05, 0) is 10.8 Å². The number of rotatable bonds is 10. The molecule has 0 spiro atoms. The molecule has 0 atom stereocenters. The van der Waals surface area contributed by atoms with Crippen molar-refractivity contribution in [3.63, 3.8) is 0 Å². The summed E-state index contributed by atoms with van der Waals surface area (Å²) in [4.78, 5) is 0. The minimum atomic E-state index is 1.10. The first-order valence-corrected chi connectivity index (χ1v) is 10.4. The highest BCUT2D eigenvalue weighted by molar-refractivity contribution is 8.86. The van der Waals surface area contributed by atoms with E-state index in [0.29, 0.717) is 0 Å². The molecule has 0 aliphatic heterocycles. The lowest BCUT2D eigenvalue weighted by Crippen LogP contribution is -1.65. The molecule has 0 aromatic rings. The SMILES string of the molecule is C=CSCSSCSSCSC=C. The molecule has 0 N–H and O–H groups in total. The Morgan fingerprint density at radius 3 is 1.46 bits per heavy atom. The molecule has 0 radical (unpaired) electrons. The molecule has 0 aliphatic carbocycles. The van der Waals surface area contributed by atoms with Gasteiger partial charge < -0.3 is 0 Å². The highest BCUT2D eigenvalue weighted by atomic mass is 33.1. The highest BCUT2D eigenvalue weighted by Gasteiger charge is 1.91. The number of thioether (sulfide) groups is 2. The Hall–Kier alpha value is 1.58. The molecule has 0 saturated carbocycles. The van der Waals surface area contributed by atoms with E-state index >= 15 is 0 Å². The molecule has 0 amide bonds. The Labute approximate surface area is 105 Å². The van der Waals surface area contributed by atoms with Crippen molar-refractivity contribution in [1.29, 1.82) is 0 Å². The fourth-order valence-electron chi connectivity index (χ4n) is 0.308. The van der Waals surface area contributed by atoms with Crippen molar-refractivity contribution < 1.29 is 0 Å². The lowest BCUT2D eigenvalue weighted by molar-refractivity contribution is 2.28. The molecule has 13 heavy (non-hydrogen) atoms. The monoisotopic (exact) mass is 288 g/mol. The summed E-state index contributed by atoms with van der Waals surface area (Å²) in [6, 6.07) is 0. The van der Waals surface area contributed by atoms with E-state index < -0.39 is 0 Å². The summed E-state index contributed by atoms with van der Waals surface area (Å²) in [7, 11) is 7.59. The Morgan fingerprint density at radius 2 is 1.08 bits per heavy atom. The van der Waals surface area contributed by atoms with Gasteiger partial charge in [-0.3, -0.25) is 0 Å². The van der Waals surface area contributed by atoms with Gasteiger partial charge in [-0.25, -0.2) is 0 Å². The van der Waals surface area contributed by atoms with E-state index in [1.165, 1.54) is 0 Å². The molecule has 0 aromatic carbocycles. The van der Waals surface area contributed by atoms with E-state index in [0.717, 1.165) is 15.3 Å². The van der Waals surface area contributed by atoms with Gasteiger partial charge in [-0.15, -0.1) is 23.5 Å². The third kappa shape index (κ3) is 13.6. The van der Waals surface area contributed by atoms with Crippen LogP contribution in [0.4, 0.5) is 0 Å². The first-order chi connectivity index (χ1) is 6.41. The van der Waals surface area contributed by atoms with Crippen LogP contribution in [0, 0.1) is 0 Å². The summed E-state index contributed by atoms with van der Waals surface area (Å²) >= 11 is 3.51. The number of hydrogen-bond acceptors (Lipinski definition) is 6. The van der Waals surface area contributed by atoms with E-state index in [2.05, 4.69) is 13.2 Å². The Bertz CT molecular complexity index is 112. The van der Waals surface area contributed by atoms with Crippen LogP contribution in [-0.4, -0.2) is 15.3 Å². The minimum Gasteiger partial charge on any atom is -0.123 e. The largest absolute Gasteiger partial charge is 0.123 e. The summed E-state index contributed by atoms with van der Waals surface area (Å²) in [5.41, 5.74) is 0. The zero-order chi connectivity index (χ0) is 9.78. The van der Waals surface area contributed by atoms with Crippen molar-refractivity contribution in [2.45, 2.75) is 0 Å². The van der Waals surface area contributed by atoms with E-state index in [4.69, 9.17) is 0 Å². The second kappa shape index (κ2) is 13.6. The Morgan fingerprint density at radius 1 is 0.692 bits per heavy atom. The van der Waals surface area contributed by atoms with Gasteiger partial charge in [-0.1, -0.05) is 56.3 Å². The van der Waals surface area contributed by atoms with Gasteiger partial charge in [0.05, 0.1) is 15.3 Å². The average Bonchev–Trinajstić information content (AvgIpc) is 2.16. The zero-order valence-electron chi connectivity index (χ0n) is 7.14. The predicted octanol–water partition coefficient (Wildman–Crippen LogP) is 5.38. The fourth-order valence-corrected chi connectivity index (χ4v) is 7.63. The zero-order valence-corrected chi connectivity index (χ0v) is 12.0. The average molecular weight is 289 g/mol. The Balaban J connectivity index is 2.83. The van der Waals surface area contributed by atoms with Crippen LogP contribution >= 0.6 is 66.7 Å². The third-order valence-electron chi connectivity index (χ3n) is 0.731. The number of hydrogen-bond donors (Lipinski definition) is 0. The van der Waals surface area contributed by atoms with E-state index in [9.17, 15) is 0 Å². The van der Waals surface area contributed by atoms with Crippen molar-refractivity contribution in [2.75, 3.05) is 15.3 Å². The Kier molecular flexibility index (Phi) is 15.2. The topological polar surface area (TPSA) is 0 Å². The molecule has 0 unspecified atom stereocenters. The van der Waals surface area contributed by atoms with Crippen molar-refractivity contribution in [1.82, 2.24) is 0 Å². The second-order valence-electron chi connectivity index (χ2n) is 1.49. The highest BCUT2D eigenvalue weighted by Crippen LogP contribution is 2.35. The maximum atomic E-state index is 3.65. The van der Waals surface area contributed by atoms with E-state index in [-0.39, 0.29) is 0 Å². The van der Waals surface area contributed by atoms with Crippen LogP contribution < -0.4 is 0 Å². The van der Waals surface area contributed by atoms with Gasteiger partial charge in [0, 0.05) is 0 Å². The molecule has 0 nitrogen and oxygen atoms in total. The van der Waals surface area contributed by atoms with Crippen molar-refractivity contribution >= 4 is 66.7 Å². The summed E-state index contributed by atoms with van der Waals surface area (Å²) in [5.74, 6) is 0. The minimum absolute atomic E-state index is 1.10. The van der Waals surface area contributed by atoms with Crippen LogP contribution in [0.25, 0.3) is 0 Å². The molecule has 0 saturated heterocycles. The van der Waals surface area contributed by atoms with Crippen molar-refractivity contribution in [3.05, 3.63) is 24.0 Å². The lowest BCUT2D eigenvalue weighted by atomic mass is 11.3. The van der Waals surface area contributed by atoms with Crippen LogP contribution in [0.15, 0.2) is 24.0 Å². The summed E-state index contributed by atoms with van der Waals surface area (Å²) in [5, 5.41) is 7.11. The van der Waals surface area contributed by atoms with Crippen LogP contribution in [0.3, 0.4) is 0 Å². The van der Waals surface area contributed by atoms with Gasteiger partial charge in [0.1, 0.15) is 0 Å². The van der Waals surface area contributed by atoms with Crippen molar-refractivity contribution in [2.24, 2.45) is 0 Å². The molecule has 0 heterocycles. The van der Waals surface area contributed by atoms with Gasteiger partial charge >= 0.3 is 0 Å². The van der Waals surface area contributed by atoms with E-state index in [1.807, 2.05) is 54.0 Å². The third-order valence-corrected chi connectivity index (χ3v) is 8.63. The molecular weight excluding hydrogens is 276 g/mol. The molecule has 0 rings (SSSR count). The summed E-state index contributed by atoms with van der Waals surface area (Å²) < 4.78 is 0. The first-order valence-electron chi connectivity index (χ1n) is 3.35. The molecule has 6 heteroatoms. The lowest BCUT2D eigenvalue weighted by Gasteiger charge is -1.98. The van der Waals surface area contributed by atoms with Crippen LogP contribution in [0.5, 0.6) is 0 Å². The molecule has 0 aromatic heterocycles. The molecule has 0 aliphatic rings. The van der Waals surface area contributed by atoms with Crippen LogP contribution in [0.2, 0.25) is 0 Å². The maximum Gasteiger partial charge on any atom is 0.0600 e. The van der Waals surface area contributed by atoms with Crippen LogP contribution in [0.1, 0.15) is 0 Å². The van der Waals surface area contributed by atoms with Gasteiger partial charge in [0.2, 0.25) is 0 Å². The quantitative estimate of drug-likeness (QED) is 0.299. The molecular formula is C7H12S6.